The number of benzene rings is 1. The van der Waals surface area contributed by atoms with E-state index < -0.39 is 9.70 Å². The van der Waals surface area contributed by atoms with E-state index in [-0.39, 0.29) is 0 Å². The average Bonchev–Trinajstić information content (AvgIpc) is 2.28. The van der Waals surface area contributed by atoms with E-state index in [0.29, 0.717) is 13.1 Å². The number of carbonyl (C=O) groups is 1. The van der Waals surface area contributed by atoms with Gasteiger partial charge in [0.05, 0.1) is 0 Å². The second kappa shape index (κ2) is 6.29. The summed E-state index contributed by atoms with van der Waals surface area (Å²) >= 11 is 16.8. The van der Waals surface area contributed by atoms with Crippen molar-refractivity contribution in [2.45, 2.75) is 10.3 Å². The van der Waals surface area contributed by atoms with Crippen LogP contribution in [0.15, 0.2) is 43.0 Å². The van der Waals surface area contributed by atoms with Crippen LogP contribution in [0.25, 0.3) is 0 Å². The maximum atomic E-state index is 11.8. The Hall–Kier alpha value is -0.700. The molecule has 1 aromatic carbocycles. The molecule has 1 amide bonds. The van der Waals surface area contributed by atoms with Crippen molar-refractivity contribution in [2.24, 2.45) is 0 Å². The van der Waals surface area contributed by atoms with Crippen molar-refractivity contribution in [3.05, 3.63) is 48.6 Å². The van der Waals surface area contributed by atoms with E-state index in [1.165, 1.54) is 4.90 Å². The Bertz CT molecular complexity index is 386. The summed E-state index contributed by atoms with van der Waals surface area (Å²) in [5, 5.41) is 0. The van der Waals surface area contributed by atoms with E-state index in [1.54, 1.807) is 6.08 Å². The predicted octanol–water partition coefficient (Wildman–Crippen LogP) is 3.57. The van der Waals surface area contributed by atoms with Gasteiger partial charge in [-0.3, -0.25) is 4.79 Å². The first-order chi connectivity index (χ1) is 7.95. The van der Waals surface area contributed by atoms with Crippen LogP contribution in [0.4, 0.5) is 0 Å². The van der Waals surface area contributed by atoms with Gasteiger partial charge in [0.15, 0.2) is 0 Å². The minimum Gasteiger partial charge on any atom is -0.331 e. The molecule has 0 heterocycles. The number of hydrogen-bond acceptors (Lipinski definition) is 1. The topological polar surface area (TPSA) is 20.3 Å². The van der Waals surface area contributed by atoms with E-state index >= 15 is 0 Å². The zero-order valence-corrected chi connectivity index (χ0v) is 11.3. The van der Waals surface area contributed by atoms with E-state index in [0.717, 1.165) is 5.56 Å². The first-order valence-corrected chi connectivity index (χ1v) is 6.09. The standard InChI is InChI=1S/C12H12Cl3NO/c1-2-8-16(11(17)12(13,14)15)9-10-6-4-3-5-7-10/h2-7H,1,8-9H2. The van der Waals surface area contributed by atoms with Crippen LogP contribution in [0.5, 0.6) is 0 Å². The molecule has 0 aliphatic rings. The second-order valence-corrected chi connectivity index (χ2v) is 5.74. The Morgan fingerprint density at radius 3 is 2.35 bits per heavy atom. The molecule has 0 saturated heterocycles. The molecule has 0 radical (unpaired) electrons. The summed E-state index contributed by atoms with van der Waals surface area (Å²) in [7, 11) is 0. The van der Waals surface area contributed by atoms with Crippen molar-refractivity contribution in [3.63, 3.8) is 0 Å². The normalized spacial score (nSPS) is 11.0. The quantitative estimate of drug-likeness (QED) is 0.614. The third kappa shape index (κ3) is 4.58. The number of rotatable bonds is 4. The first-order valence-electron chi connectivity index (χ1n) is 4.96. The molecule has 0 fully saturated rings. The molecule has 1 rings (SSSR count). The van der Waals surface area contributed by atoms with E-state index in [2.05, 4.69) is 6.58 Å². The van der Waals surface area contributed by atoms with Crippen LogP contribution in [-0.4, -0.2) is 21.1 Å². The molecule has 0 unspecified atom stereocenters. The molecule has 0 aromatic heterocycles. The van der Waals surface area contributed by atoms with Crippen molar-refractivity contribution in [1.29, 1.82) is 0 Å². The van der Waals surface area contributed by atoms with Gasteiger partial charge in [-0.05, 0) is 5.56 Å². The van der Waals surface area contributed by atoms with Crippen LogP contribution in [0.3, 0.4) is 0 Å². The summed E-state index contributed by atoms with van der Waals surface area (Å²) < 4.78 is -1.93. The number of carbonyl (C=O) groups excluding carboxylic acids is 1. The van der Waals surface area contributed by atoms with Crippen LogP contribution in [0.1, 0.15) is 5.56 Å². The Labute approximate surface area is 116 Å². The van der Waals surface area contributed by atoms with Gasteiger partial charge < -0.3 is 4.90 Å². The zero-order valence-electron chi connectivity index (χ0n) is 9.07. The molecule has 17 heavy (non-hydrogen) atoms. The number of halogens is 3. The van der Waals surface area contributed by atoms with Gasteiger partial charge in [-0.15, -0.1) is 6.58 Å². The molecular weight excluding hydrogens is 280 g/mol. The fraction of sp³-hybridized carbons (Fsp3) is 0.250. The van der Waals surface area contributed by atoms with Gasteiger partial charge in [0, 0.05) is 13.1 Å². The lowest BCUT2D eigenvalue weighted by Crippen LogP contribution is -2.39. The molecule has 0 spiro atoms. The first kappa shape index (κ1) is 14.4. The van der Waals surface area contributed by atoms with Crippen LogP contribution in [-0.2, 0) is 11.3 Å². The highest BCUT2D eigenvalue weighted by Gasteiger charge is 2.34. The summed E-state index contributed by atoms with van der Waals surface area (Å²) in [6.45, 7) is 4.31. The maximum absolute atomic E-state index is 11.8. The van der Waals surface area contributed by atoms with Gasteiger partial charge in [0.25, 0.3) is 9.70 Å². The molecule has 0 atom stereocenters. The molecule has 2 nitrogen and oxygen atoms in total. The molecule has 1 aromatic rings. The Morgan fingerprint density at radius 2 is 1.88 bits per heavy atom. The van der Waals surface area contributed by atoms with Gasteiger partial charge >= 0.3 is 0 Å². The summed E-state index contributed by atoms with van der Waals surface area (Å²) in [4.78, 5) is 13.3. The monoisotopic (exact) mass is 291 g/mol. The predicted molar refractivity (Wildman–Crippen MR) is 72.3 cm³/mol. The molecule has 5 heteroatoms. The fourth-order valence-electron chi connectivity index (χ4n) is 1.36. The Kier molecular flexibility index (Phi) is 5.31. The smallest absolute Gasteiger partial charge is 0.275 e. The van der Waals surface area contributed by atoms with Crippen molar-refractivity contribution < 1.29 is 4.79 Å². The Morgan fingerprint density at radius 1 is 1.29 bits per heavy atom. The summed E-state index contributed by atoms with van der Waals surface area (Å²) in [6.07, 6.45) is 1.59. The van der Waals surface area contributed by atoms with Crippen LogP contribution >= 0.6 is 34.8 Å². The SMILES string of the molecule is C=CCN(Cc1ccccc1)C(=O)C(Cl)(Cl)Cl. The van der Waals surface area contributed by atoms with Gasteiger partial charge in [-0.2, -0.15) is 0 Å². The van der Waals surface area contributed by atoms with E-state index in [9.17, 15) is 4.79 Å². The maximum Gasteiger partial charge on any atom is 0.275 e. The molecule has 0 saturated carbocycles. The third-order valence-corrected chi connectivity index (χ3v) is 2.58. The highest BCUT2D eigenvalue weighted by Crippen LogP contribution is 2.29. The average molecular weight is 293 g/mol. The summed E-state index contributed by atoms with van der Waals surface area (Å²) in [5.41, 5.74) is 0.969. The van der Waals surface area contributed by atoms with Crippen LogP contribution < -0.4 is 0 Å². The molecule has 0 aliphatic heterocycles. The zero-order chi connectivity index (χ0) is 12.9. The largest absolute Gasteiger partial charge is 0.331 e. The van der Waals surface area contributed by atoms with Crippen LogP contribution in [0, 0.1) is 0 Å². The van der Waals surface area contributed by atoms with Gasteiger partial charge in [0.2, 0.25) is 0 Å². The minimum absolute atomic E-state index is 0.335. The lowest BCUT2D eigenvalue weighted by molar-refractivity contribution is -0.130. The highest BCUT2D eigenvalue weighted by molar-refractivity contribution is 6.76. The van der Waals surface area contributed by atoms with Gasteiger partial charge in [-0.25, -0.2) is 0 Å². The fourth-order valence-corrected chi connectivity index (χ4v) is 1.72. The minimum atomic E-state index is -1.93. The number of amides is 1. The third-order valence-electron chi connectivity index (χ3n) is 2.10. The second-order valence-electron chi connectivity index (χ2n) is 3.46. The molecule has 0 aliphatic carbocycles. The van der Waals surface area contributed by atoms with Gasteiger partial charge in [-0.1, -0.05) is 71.2 Å². The number of alkyl halides is 3. The number of hydrogen-bond donors (Lipinski definition) is 0. The number of nitrogens with zero attached hydrogens (tertiary/aromatic N) is 1. The van der Waals surface area contributed by atoms with Crippen molar-refractivity contribution in [2.75, 3.05) is 6.54 Å². The molecular formula is C12H12Cl3NO. The lowest BCUT2D eigenvalue weighted by Gasteiger charge is -2.24. The van der Waals surface area contributed by atoms with E-state index in [4.69, 9.17) is 34.8 Å². The summed E-state index contributed by atoms with van der Waals surface area (Å²) in [5.74, 6) is -0.550. The Balaban J connectivity index is 2.80. The van der Waals surface area contributed by atoms with Gasteiger partial charge in [0.1, 0.15) is 0 Å². The van der Waals surface area contributed by atoms with Crippen molar-refractivity contribution >= 4 is 40.7 Å². The molecule has 0 bridgehead atoms. The molecule has 0 N–H and O–H groups in total. The van der Waals surface area contributed by atoms with Crippen molar-refractivity contribution in [1.82, 2.24) is 4.90 Å². The lowest BCUT2D eigenvalue weighted by atomic mass is 10.2. The summed E-state index contributed by atoms with van der Waals surface area (Å²) in [6, 6.07) is 9.49. The van der Waals surface area contributed by atoms with Crippen molar-refractivity contribution in [3.8, 4) is 0 Å². The molecule has 92 valence electrons. The van der Waals surface area contributed by atoms with E-state index in [1.807, 2.05) is 30.3 Å². The highest BCUT2D eigenvalue weighted by atomic mass is 35.6. The van der Waals surface area contributed by atoms with Crippen LogP contribution in [0.2, 0.25) is 0 Å².